The lowest BCUT2D eigenvalue weighted by atomic mass is 9.93. The van der Waals surface area contributed by atoms with Crippen LogP contribution in [0.5, 0.6) is 5.75 Å². The number of hydrogen-bond donors (Lipinski definition) is 1. The zero-order valence-electron chi connectivity index (χ0n) is 11.8. The molecule has 4 heteroatoms. The first-order valence-electron chi connectivity index (χ1n) is 7.05. The number of rotatable bonds is 3. The van der Waals surface area contributed by atoms with Crippen molar-refractivity contribution in [3.05, 3.63) is 29.3 Å². The fraction of sp³-hybridized carbons (Fsp3) is 0.600. The molecule has 0 aliphatic carbocycles. The molecule has 2 unspecified atom stereocenters. The van der Waals surface area contributed by atoms with Gasteiger partial charge in [-0.2, -0.15) is 0 Å². The van der Waals surface area contributed by atoms with E-state index in [2.05, 4.69) is 28.9 Å². The Morgan fingerprint density at radius 2 is 2.00 bits per heavy atom. The summed E-state index contributed by atoms with van der Waals surface area (Å²) in [7, 11) is 1.72. The highest BCUT2D eigenvalue weighted by Gasteiger charge is 2.36. The zero-order valence-corrected chi connectivity index (χ0v) is 11.8. The average Bonchev–Trinajstić information content (AvgIpc) is 2.47. The number of piperazine rings is 3. The summed E-state index contributed by atoms with van der Waals surface area (Å²) in [5, 5.41) is 0. The molecule has 0 spiro atoms. The Balaban J connectivity index is 1.87. The molecule has 0 saturated carbocycles. The molecule has 2 N–H and O–H groups in total. The largest absolute Gasteiger partial charge is 0.496 e. The maximum atomic E-state index is 6.55. The van der Waals surface area contributed by atoms with Gasteiger partial charge in [-0.3, -0.25) is 9.80 Å². The first-order chi connectivity index (χ1) is 9.19. The van der Waals surface area contributed by atoms with Crippen molar-refractivity contribution >= 4 is 0 Å². The molecule has 2 atom stereocenters. The van der Waals surface area contributed by atoms with Gasteiger partial charge in [0.05, 0.1) is 13.2 Å². The van der Waals surface area contributed by atoms with Gasteiger partial charge < -0.3 is 10.5 Å². The van der Waals surface area contributed by atoms with Crippen LogP contribution in [0.3, 0.4) is 0 Å². The van der Waals surface area contributed by atoms with Crippen molar-refractivity contribution in [1.82, 2.24) is 9.80 Å². The quantitative estimate of drug-likeness (QED) is 0.881. The van der Waals surface area contributed by atoms with Gasteiger partial charge in [-0.1, -0.05) is 17.7 Å². The summed E-state index contributed by atoms with van der Waals surface area (Å²) < 4.78 is 5.48. The maximum absolute atomic E-state index is 6.55. The first-order valence-corrected chi connectivity index (χ1v) is 7.05. The minimum Gasteiger partial charge on any atom is -0.496 e. The number of benzene rings is 1. The van der Waals surface area contributed by atoms with Crippen molar-refractivity contribution in [2.24, 2.45) is 5.73 Å². The highest BCUT2D eigenvalue weighted by Crippen LogP contribution is 2.31. The average molecular weight is 261 g/mol. The smallest absolute Gasteiger partial charge is 0.123 e. The van der Waals surface area contributed by atoms with Crippen LogP contribution in [0.2, 0.25) is 0 Å². The number of methoxy groups -OCH3 is 1. The lowest BCUT2D eigenvalue weighted by molar-refractivity contribution is 0.00186. The van der Waals surface area contributed by atoms with E-state index in [1.165, 1.54) is 18.7 Å². The summed E-state index contributed by atoms with van der Waals surface area (Å²) in [5.41, 5.74) is 8.93. The molecule has 4 rings (SSSR count). The van der Waals surface area contributed by atoms with Crippen molar-refractivity contribution in [3.8, 4) is 5.75 Å². The van der Waals surface area contributed by atoms with Crippen LogP contribution in [-0.4, -0.2) is 55.7 Å². The molecule has 19 heavy (non-hydrogen) atoms. The Bertz CT molecular complexity index is 455. The van der Waals surface area contributed by atoms with Crippen molar-refractivity contribution in [2.45, 2.75) is 19.0 Å². The van der Waals surface area contributed by atoms with E-state index in [0.29, 0.717) is 6.04 Å². The number of aryl methyl sites for hydroxylation is 1. The van der Waals surface area contributed by atoms with Gasteiger partial charge in [-0.15, -0.1) is 0 Å². The minimum absolute atomic E-state index is 0.0259. The first kappa shape index (κ1) is 12.9. The predicted molar refractivity (Wildman–Crippen MR) is 76.5 cm³/mol. The van der Waals surface area contributed by atoms with E-state index in [4.69, 9.17) is 10.5 Å². The molecule has 4 nitrogen and oxygen atoms in total. The molecule has 3 aliphatic rings. The van der Waals surface area contributed by atoms with E-state index in [-0.39, 0.29) is 6.04 Å². The van der Waals surface area contributed by atoms with E-state index in [1.54, 1.807) is 7.11 Å². The topological polar surface area (TPSA) is 41.7 Å². The van der Waals surface area contributed by atoms with E-state index in [9.17, 15) is 0 Å². The molecular weight excluding hydrogens is 238 g/mol. The number of fused-ring (bicyclic) bond motifs is 3. The minimum atomic E-state index is 0.0259. The third kappa shape index (κ3) is 2.36. The Morgan fingerprint density at radius 3 is 2.58 bits per heavy atom. The van der Waals surface area contributed by atoms with E-state index in [0.717, 1.165) is 30.9 Å². The lowest BCUT2D eigenvalue weighted by Crippen LogP contribution is -2.63. The summed E-state index contributed by atoms with van der Waals surface area (Å²) in [4.78, 5) is 5.05. The SMILES string of the molecule is COc1ccc(C)cc1C(N)C1CN2CCN1CC2. The van der Waals surface area contributed by atoms with Gasteiger partial charge in [0.15, 0.2) is 0 Å². The van der Waals surface area contributed by atoms with Crippen LogP contribution >= 0.6 is 0 Å². The summed E-state index contributed by atoms with van der Waals surface area (Å²) in [6.07, 6.45) is 0. The molecular formula is C15H23N3O. The predicted octanol–water partition coefficient (Wildman–Crippen LogP) is 1.00. The molecule has 3 aliphatic heterocycles. The third-order valence-electron chi connectivity index (χ3n) is 4.48. The van der Waals surface area contributed by atoms with E-state index < -0.39 is 0 Å². The second-order valence-electron chi connectivity index (χ2n) is 5.68. The van der Waals surface area contributed by atoms with Crippen LogP contribution in [-0.2, 0) is 0 Å². The summed E-state index contributed by atoms with van der Waals surface area (Å²) in [5.74, 6) is 0.913. The molecule has 0 amide bonds. The molecule has 3 fully saturated rings. The molecule has 1 aromatic rings. The van der Waals surface area contributed by atoms with Crippen LogP contribution in [0.1, 0.15) is 17.2 Å². The fourth-order valence-corrected chi connectivity index (χ4v) is 3.32. The van der Waals surface area contributed by atoms with Crippen LogP contribution in [0, 0.1) is 6.92 Å². The second kappa shape index (κ2) is 5.12. The molecule has 1 aromatic carbocycles. The molecule has 0 radical (unpaired) electrons. The lowest BCUT2D eigenvalue weighted by Gasteiger charge is -2.49. The van der Waals surface area contributed by atoms with E-state index >= 15 is 0 Å². The number of ether oxygens (including phenoxy) is 1. The number of nitrogens with zero attached hydrogens (tertiary/aromatic N) is 2. The van der Waals surface area contributed by atoms with Gasteiger partial charge >= 0.3 is 0 Å². The maximum Gasteiger partial charge on any atom is 0.123 e. The van der Waals surface area contributed by atoms with Gasteiger partial charge in [-0.05, 0) is 13.0 Å². The van der Waals surface area contributed by atoms with E-state index in [1.807, 2.05) is 6.07 Å². The van der Waals surface area contributed by atoms with Gasteiger partial charge in [0.25, 0.3) is 0 Å². The number of hydrogen-bond acceptors (Lipinski definition) is 4. The fourth-order valence-electron chi connectivity index (χ4n) is 3.32. The van der Waals surface area contributed by atoms with Gasteiger partial charge in [0.1, 0.15) is 5.75 Å². The van der Waals surface area contributed by atoms with Crippen LogP contribution < -0.4 is 10.5 Å². The molecule has 3 saturated heterocycles. The Hall–Kier alpha value is -1.10. The Labute approximate surface area is 115 Å². The summed E-state index contributed by atoms with van der Waals surface area (Å²) in [6.45, 7) is 7.85. The Morgan fingerprint density at radius 1 is 1.26 bits per heavy atom. The van der Waals surface area contributed by atoms with Gasteiger partial charge in [0, 0.05) is 44.3 Å². The van der Waals surface area contributed by atoms with Crippen LogP contribution in [0.4, 0.5) is 0 Å². The highest BCUT2D eigenvalue weighted by atomic mass is 16.5. The molecule has 2 bridgehead atoms. The third-order valence-corrected chi connectivity index (χ3v) is 4.48. The summed E-state index contributed by atoms with van der Waals surface area (Å²) in [6, 6.07) is 6.71. The standard InChI is InChI=1S/C15H23N3O/c1-11-3-4-14(19-2)12(9-11)15(16)13-10-17-5-7-18(13)8-6-17/h3-4,9,13,15H,5-8,10,16H2,1-2H3. The monoisotopic (exact) mass is 261 g/mol. The van der Waals surface area contributed by atoms with Crippen molar-refractivity contribution < 1.29 is 4.74 Å². The summed E-state index contributed by atoms with van der Waals surface area (Å²) >= 11 is 0. The Kier molecular flexibility index (Phi) is 3.48. The van der Waals surface area contributed by atoms with Crippen LogP contribution in [0.15, 0.2) is 18.2 Å². The van der Waals surface area contributed by atoms with Crippen molar-refractivity contribution in [1.29, 1.82) is 0 Å². The molecule has 3 heterocycles. The van der Waals surface area contributed by atoms with Crippen molar-refractivity contribution in [2.75, 3.05) is 39.8 Å². The number of nitrogens with two attached hydrogens (primary N) is 1. The molecule has 104 valence electrons. The zero-order chi connectivity index (χ0) is 13.4. The molecule has 0 aromatic heterocycles. The van der Waals surface area contributed by atoms with Crippen LogP contribution in [0.25, 0.3) is 0 Å². The second-order valence-corrected chi connectivity index (χ2v) is 5.68. The van der Waals surface area contributed by atoms with Gasteiger partial charge in [-0.25, -0.2) is 0 Å². The highest BCUT2D eigenvalue weighted by molar-refractivity contribution is 5.40. The van der Waals surface area contributed by atoms with Gasteiger partial charge in [0.2, 0.25) is 0 Å². The van der Waals surface area contributed by atoms with Crippen molar-refractivity contribution in [3.63, 3.8) is 0 Å². The normalized spacial score (nSPS) is 31.2.